The van der Waals surface area contributed by atoms with Gasteiger partial charge in [-0.1, -0.05) is 17.4 Å². The number of esters is 1. The molecule has 0 unspecified atom stereocenters. The van der Waals surface area contributed by atoms with E-state index in [2.05, 4.69) is 10.3 Å². The van der Waals surface area contributed by atoms with Crippen LogP contribution in [0.5, 0.6) is 0 Å². The van der Waals surface area contributed by atoms with E-state index in [4.69, 9.17) is 4.74 Å². The Morgan fingerprint density at radius 1 is 1.21 bits per heavy atom. The van der Waals surface area contributed by atoms with Gasteiger partial charge in [0.2, 0.25) is 5.91 Å². The minimum absolute atomic E-state index is 0.0572. The molecule has 2 aromatic carbocycles. The fraction of sp³-hybridized carbons (Fsp3) is 0.190. The lowest BCUT2D eigenvalue weighted by molar-refractivity contribution is -0.385. The number of rotatable bonds is 7. The Kier molecular flexibility index (Phi) is 5.84. The van der Waals surface area contributed by atoms with Crippen LogP contribution in [0.2, 0.25) is 0 Å². The average molecular weight is 468 g/mol. The molecule has 1 N–H and O–H groups in total. The summed E-state index contributed by atoms with van der Waals surface area (Å²) in [4.78, 5) is 64.9. The summed E-state index contributed by atoms with van der Waals surface area (Å²) in [5, 5.41) is 14.1. The zero-order chi connectivity index (χ0) is 23.7. The zero-order valence-electron chi connectivity index (χ0n) is 17.2. The molecule has 0 saturated carbocycles. The molecule has 1 aliphatic heterocycles. The average Bonchev–Trinajstić information content (AvgIpc) is 3.29. The monoisotopic (exact) mass is 468 g/mol. The predicted octanol–water partition coefficient (Wildman–Crippen LogP) is 3.01. The second kappa shape index (κ2) is 8.74. The zero-order valence-corrected chi connectivity index (χ0v) is 18.0. The van der Waals surface area contributed by atoms with Crippen LogP contribution in [0.3, 0.4) is 0 Å². The molecule has 11 nitrogen and oxygen atoms in total. The van der Waals surface area contributed by atoms with Crippen LogP contribution in [0, 0.1) is 10.1 Å². The van der Waals surface area contributed by atoms with E-state index in [9.17, 15) is 29.3 Å². The van der Waals surface area contributed by atoms with Crippen molar-refractivity contribution in [2.24, 2.45) is 0 Å². The quantitative estimate of drug-likeness (QED) is 0.241. The van der Waals surface area contributed by atoms with Crippen LogP contribution in [0.15, 0.2) is 36.4 Å². The number of carbonyl (C=O) groups is 4. The highest BCUT2D eigenvalue weighted by atomic mass is 32.1. The lowest BCUT2D eigenvalue weighted by atomic mass is 10.1. The maximum absolute atomic E-state index is 12.6. The van der Waals surface area contributed by atoms with Gasteiger partial charge in [0.05, 0.1) is 32.9 Å². The third kappa shape index (κ3) is 4.15. The van der Waals surface area contributed by atoms with E-state index in [1.165, 1.54) is 12.1 Å². The van der Waals surface area contributed by atoms with E-state index in [1.54, 1.807) is 25.1 Å². The molecule has 12 heteroatoms. The van der Waals surface area contributed by atoms with E-state index < -0.39 is 34.3 Å². The number of hydrogen-bond donors (Lipinski definition) is 1. The molecule has 0 radical (unpaired) electrons. The molecular weight excluding hydrogens is 452 g/mol. The molecule has 3 amide bonds. The summed E-state index contributed by atoms with van der Waals surface area (Å²) in [5.74, 6) is -2.44. The van der Waals surface area contributed by atoms with Crippen molar-refractivity contribution >= 4 is 56.1 Å². The third-order valence-corrected chi connectivity index (χ3v) is 5.82. The molecule has 1 aliphatic rings. The first-order valence-corrected chi connectivity index (χ1v) is 10.6. The summed E-state index contributed by atoms with van der Waals surface area (Å²) >= 11 is 1.16. The van der Waals surface area contributed by atoms with E-state index in [1.807, 2.05) is 0 Å². The highest BCUT2D eigenvalue weighted by Gasteiger charge is 2.40. The molecular formula is C21H16N4O7S. The molecule has 0 saturated heterocycles. The number of hydrogen-bond acceptors (Lipinski definition) is 9. The lowest BCUT2D eigenvalue weighted by Gasteiger charge is -2.12. The summed E-state index contributed by atoms with van der Waals surface area (Å²) in [7, 11) is 0. The molecule has 2 heterocycles. The number of amides is 3. The second-order valence-corrected chi connectivity index (χ2v) is 7.97. The first-order valence-electron chi connectivity index (χ1n) is 9.81. The van der Waals surface area contributed by atoms with Gasteiger partial charge < -0.3 is 10.1 Å². The maximum atomic E-state index is 12.6. The Labute approximate surface area is 190 Å². The van der Waals surface area contributed by atoms with Crippen molar-refractivity contribution in [1.82, 2.24) is 9.88 Å². The number of imide groups is 1. The van der Waals surface area contributed by atoms with E-state index in [0.29, 0.717) is 15.8 Å². The van der Waals surface area contributed by atoms with Gasteiger partial charge in [-0.3, -0.25) is 29.4 Å². The van der Waals surface area contributed by atoms with Crippen molar-refractivity contribution in [3.8, 4) is 0 Å². The summed E-state index contributed by atoms with van der Waals surface area (Å²) in [5.41, 5.74) is 0.172. The van der Waals surface area contributed by atoms with Crippen LogP contribution in [0.25, 0.3) is 10.2 Å². The first-order chi connectivity index (χ1) is 15.8. The number of nitro benzene ring substituents is 1. The fourth-order valence-electron chi connectivity index (χ4n) is 3.39. The highest BCUT2D eigenvalue weighted by Crippen LogP contribution is 2.31. The number of nitrogens with one attached hydrogen (secondary N) is 1. The van der Waals surface area contributed by atoms with Gasteiger partial charge >= 0.3 is 5.97 Å². The van der Waals surface area contributed by atoms with Crippen LogP contribution < -0.4 is 5.32 Å². The fourth-order valence-corrected chi connectivity index (χ4v) is 4.31. The summed E-state index contributed by atoms with van der Waals surface area (Å²) in [6.45, 7) is 1.72. The summed E-state index contributed by atoms with van der Waals surface area (Å²) < 4.78 is 5.64. The van der Waals surface area contributed by atoms with Crippen molar-refractivity contribution in [3.63, 3.8) is 0 Å². The van der Waals surface area contributed by atoms with Crippen molar-refractivity contribution in [2.75, 3.05) is 18.5 Å². The van der Waals surface area contributed by atoms with Crippen LogP contribution in [0.4, 0.5) is 10.8 Å². The molecule has 0 atom stereocenters. The summed E-state index contributed by atoms with van der Waals surface area (Å²) in [6.07, 6.45) is -0.219. The Morgan fingerprint density at radius 3 is 2.73 bits per heavy atom. The number of aromatic nitrogens is 1. The number of anilines is 1. The Bertz CT molecular complexity index is 1330. The molecule has 1 aromatic heterocycles. The smallest absolute Gasteiger partial charge is 0.338 e. The SMILES string of the molecule is CCOC(=O)c1ccc2nc(NC(=O)CCN3C(=O)c4cccc([N+](=O)[O-])c4C3=O)sc2c1. The van der Waals surface area contributed by atoms with Crippen molar-refractivity contribution < 1.29 is 28.8 Å². The van der Waals surface area contributed by atoms with Gasteiger partial charge in [-0.25, -0.2) is 9.78 Å². The normalized spacial score (nSPS) is 12.7. The third-order valence-electron chi connectivity index (χ3n) is 4.88. The number of fused-ring (bicyclic) bond motifs is 2. The van der Waals surface area contributed by atoms with Crippen LogP contribution in [0.1, 0.15) is 44.4 Å². The Balaban J connectivity index is 1.42. The van der Waals surface area contributed by atoms with Crippen molar-refractivity contribution in [3.05, 3.63) is 63.2 Å². The van der Waals surface area contributed by atoms with Gasteiger partial charge in [0, 0.05) is 19.0 Å². The predicted molar refractivity (Wildman–Crippen MR) is 117 cm³/mol. The number of thiazole rings is 1. The Hall–Kier alpha value is -4.19. The number of nitro groups is 1. The van der Waals surface area contributed by atoms with Gasteiger partial charge in [-0.15, -0.1) is 0 Å². The highest BCUT2D eigenvalue weighted by molar-refractivity contribution is 7.22. The van der Waals surface area contributed by atoms with Gasteiger partial charge in [-0.2, -0.15) is 0 Å². The largest absolute Gasteiger partial charge is 0.462 e. The molecule has 0 aliphatic carbocycles. The Morgan fingerprint density at radius 2 is 2.00 bits per heavy atom. The number of carbonyl (C=O) groups excluding carboxylic acids is 4. The molecule has 33 heavy (non-hydrogen) atoms. The van der Waals surface area contributed by atoms with Gasteiger partial charge in [-0.05, 0) is 31.2 Å². The molecule has 168 valence electrons. The van der Waals surface area contributed by atoms with Gasteiger partial charge in [0.15, 0.2) is 5.13 Å². The van der Waals surface area contributed by atoms with E-state index >= 15 is 0 Å². The number of nitrogens with zero attached hydrogens (tertiary/aromatic N) is 3. The second-order valence-electron chi connectivity index (χ2n) is 6.94. The van der Waals surface area contributed by atoms with Crippen molar-refractivity contribution in [1.29, 1.82) is 0 Å². The molecule has 0 fully saturated rings. The standard InChI is InChI=1S/C21H16N4O7S/c1-2-32-20(29)11-6-7-13-15(10-11)33-21(22-13)23-16(26)8-9-24-18(27)12-4-3-5-14(25(30)31)17(12)19(24)28/h3-7,10H,2,8-9H2,1H3,(H,22,23,26). The first kappa shape index (κ1) is 22.0. The van der Waals surface area contributed by atoms with E-state index in [-0.39, 0.29) is 35.8 Å². The van der Waals surface area contributed by atoms with Crippen LogP contribution >= 0.6 is 11.3 Å². The molecule has 4 rings (SSSR count). The van der Waals surface area contributed by atoms with E-state index in [0.717, 1.165) is 22.3 Å². The minimum atomic E-state index is -0.804. The maximum Gasteiger partial charge on any atom is 0.338 e. The van der Waals surface area contributed by atoms with Gasteiger partial charge in [0.1, 0.15) is 5.56 Å². The van der Waals surface area contributed by atoms with Crippen LogP contribution in [-0.4, -0.2) is 51.6 Å². The molecule has 3 aromatic rings. The lowest BCUT2D eigenvalue weighted by Crippen LogP contribution is -2.33. The minimum Gasteiger partial charge on any atom is -0.462 e. The molecule has 0 spiro atoms. The van der Waals surface area contributed by atoms with Gasteiger partial charge in [0.25, 0.3) is 17.5 Å². The van der Waals surface area contributed by atoms with Crippen molar-refractivity contribution in [2.45, 2.75) is 13.3 Å². The molecule has 0 bridgehead atoms. The number of ether oxygens (including phenoxy) is 1. The van der Waals surface area contributed by atoms with Crippen LogP contribution in [-0.2, 0) is 9.53 Å². The number of benzene rings is 2. The topological polar surface area (TPSA) is 149 Å². The summed E-state index contributed by atoms with van der Waals surface area (Å²) in [6, 6.07) is 8.66.